The average molecular weight is 274 g/mol. The predicted octanol–water partition coefficient (Wildman–Crippen LogP) is -0.122. The molecule has 0 aliphatic heterocycles. The smallest absolute Gasteiger partial charge is 0.236 e. The second-order valence-corrected chi connectivity index (χ2v) is 3.98. The third-order valence-corrected chi connectivity index (χ3v) is 2.34. The van der Waals surface area contributed by atoms with Gasteiger partial charge < -0.3 is 16.4 Å². The minimum atomic E-state index is -0.639. The van der Waals surface area contributed by atoms with Crippen molar-refractivity contribution in [1.82, 2.24) is 5.32 Å². The van der Waals surface area contributed by atoms with Crippen molar-refractivity contribution in [2.75, 3.05) is 11.9 Å². The molecular formula is C13H14N4O3. The Bertz CT molecular complexity index is 546. The fourth-order valence-corrected chi connectivity index (χ4v) is 1.35. The van der Waals surface area contributed by atoms with Gasteiger partial charge in [0, 0.05) is 18.5 Å². The summed E-state index contributed by atoms with van der Waals surface area (Å²) in [5, 5.41) is 13.5. The van der Waals surface area contributed by atoms with Crippen molar-refractivity contribution in [3.63, 3.8) is 0 Å². The lowest BCUT2D eigenvalue weighted by atomic mass is 10.2. The highest BCUT2D eigenvalue weighted by molar-refractivity contribution is 5.93. The highest BCUT2D eigenvalue weighted by Gasteiger charge is 2.07. The van der Waals surface area contributed by atoms with E-state index in [0.717, 1.165) is 0 Å². The van der Waals surface area contributed by atoms with Crippen LogP contribution in [-0.4, -0.2) is 24.3 Å². The number of nitrogens with two attached hydrogens (primary N) is 1. The number of nitriles is 1. The Labute approximate surface area is 115 Å². The van der Waals surface area contributed by atoms with Crippen molar-refractivity contribution >= 4 is 23.4 Å². The summed E-state index contributed by atoms with van der Waals surface area (Å²) in [6, 6.07) is 8.33. The standard InChI is InChI=1S/C13H14N4O3/c14-7-9-1-3-10(4-2-9)17-13(20)6-5-12(19)16-8-11(15)18/h1-4H,5-6,8H2,(H2,15,18)(H,16,19)(H,17,20). The van der Waals surface area contributed by atoms with E-state index in [1.54, 1.807) is 24.3 Å². The molecule has 7 nitrogen and oxygen atoms in total. The lowest BCUT2D eigenvalue weighted by Crippen LogP contribution is -2.33. The molecule has 0 unspecified atom stereocenters. The zero-order chi connectivity index (χ0) is 15.0. The second-order valence-electron chi connectivity index (χ2n) is 3.98. The molecule has 0 atom stereocenters. The van der Waals surface area contributed by atoms with Crippen molar-refractivity contribution in [3.05, 3.63) is 29.8 Å². The molecule has 4 N–H and O–H groups in total. The SMILES string of the molecule is N#Cc1ccc(NC(=O)CCC(=O)NCC(N)=O)cc1. The fourth-order valence-electron chi connectivity index (χ4n) is 1.35. The van der Waals surface area contributed by atoms with Crippen LogP contribution in [0.15, 0.2) is 24.3 Å². The molecule has 3 amide bonds. The van der Waals surface area contributed by atoms with Crippen LogP contribution < -0.4 is 16.4 Å². The Kier molecular flexibility index (Phi) is 5.72. The first-order valence-electron chi connectivity index (χ1n) is 5.86. The molecule has 0 aromatic heterocycles. The van der Waals surface area contributed by atoms with E-state index in [9.17, 15) is 14.4 Å². The van der Waals surface area contributed by atoms with Crippen LogP contribution in [0.4, 0.5) is 5.69 Å². The molecule has 0 bridgehead atoms. The number of amides is 3. The Hall–Kier alpha value is -2.88. The van der Waals surface area contributed by atoms with Crippen molar-refractivity contribution in [2.45, 2.75) is 12.8 Å². The van der Waals surface area contributed by atoms with Crippen molar-refractivity contribution in [3.8, 4) is 6.07 Å². The number of carbonyl (C=O) groups excluding carboxylic acids is 3. The van der Waals surface area contributed by atoms with Crippen LogP contribution in [0.1, 0.15) is 18.4 Å². The van der Waals surface area contributed by atoms with Gasteiger partial charge in [0.05, 0.1) is 18.2 Å². The molecule has 0 saturated carbocycles. The van der Waals surface area contributed by atoms with Crippen molar-refractivity contribution in [1.29, 1.82) is 5.26 Å². The Morgan fingerprint density at radius 3 is 2.25 bits per heavy atom. The van der Waals surface area contributed by atoms with Crippen molar-refractivity contribution < 1.29 is 14.4 Å². The minimum Gasteiger partial charge on any atom is -0.368 e. The van der Waals surface area contributed by atoms with Gasteiger partial charge in [-0.25, -0.2) is 0 Å². The number of rotatable bonds is 6. The van der Waals surface area contributed by atoms with Crippen LogP contribution in [0.25, 0.3) is 0 Å². The predicted molar refractivity (Wildman–Crippen MR) is 71.2 cm³/mol. The van der Waals surface area contributed by atoms with Gasteiger partial charge in [-0.3, -0.25) is 14.4 Å². The molecule has 104 valence electrons. The highest BCUT2D eigenvalue weighted by atomic mass is 16.2. The van der Waals surface area contributed by atoms with Crippen LogP contribution in [0.3, 0.4) is 0 Å². The van der Waals surface area contributed by atoms with Gasteiger partial charge in [-0.05, 0) is 24.3 Å². The molecule has 20 heavy (non-hydrogen) atoms. The number of nitrogens with zero attached hydrogens (tertiary/aromatic N) is 1. The Morgan fingerprint density at radius 1 is 1.10 bits per heavy atom. The largest absolute Gasteiger partial charge is 0.368 e. The summed E-state index contributed by atoms with van der Waals surface area (Å²) in [6.45, 7) is -0.240. The molecular weight excluding hydrogens is 260 g/mol. The van der Waals surface area contributed by atoms with E-state index >= 15 is 0 Å². The minimum absolute atomic E-state index is 0.00933. The van der Waals surface area contributed by atoms with E-state index in [4.69, 9.17) is 11.0 Å². The molecule has 1 aromatic rings. The molecule has 0 fully saturated rings. The number of nitrogens with one attached hydrogen (secondary N) is 2. The van der Waals surface area contributed by atoms with Crippen LogP contribution >= 0.6 is 0 Å². The van der Waals surface area contributed by atoms with Gasteiger partial charge in [0.2, 0.25) is 17.7 Å². The fraction of sp³-hybridized carbons (Fsp3) is 0.231. The first-order chi connectivity index (χ1) is 9.51. The molecule has 1 aromatic carbocycles. The zero-order valence-corrected chi connectivity index (χ0v) is 10.7. The van der Waals surface area contributed by atoms with Crippen molar-refractivity contribution in [2.24, 2.45) is 5.73 Å². The molecule has 1 rings (SSSR count). The van der Waals surface area contributed by atoms with E-state index in [2.05, 4.69) is 10.6 Å². The van der Waals surface area contributed by atoms with Crippen LogP contribution in [0.2, 0.25) is 0 Å². The van der Waals surface area contributed by atoms with Gasteiger partial charge in [-0.15, -0.1) is 0 Å². The van der Waals surface area contributed by atoms with Gasteiger partial charge >= 0.3 is 0 Å². The number of benzene rings is 1. The van der Waals surface area contributed by atoms with Gasteiger partial charge in [0.1, 0.15) is 0 Å². The van der Waals surface area contributed by atoms with E-state index in [0.29, 0.717) is 11.3 Å². The monoisotopic (exact) mass is 274 g/mol. The normalized spacial score (nSPS) is 9.35. The molecule has 0 radical (unpaired) electrons. The summed E-state index contributed by atoms with van der Waals surface area (Å²) in [5.41, 5.74) is 5.91. The van der Waals surface area contributed by atoms with Crippen LogP contribution in [-0.2, 0) is 14.4 Å². The molecule has 0 aliphatic rings. The molecule has 7 heteroatoms. The number of hydrogen-bond acceptors (Lipinski definition) is 4. The first kappa shape index (κ1) is 15.2. The summed E-state index contributed by atoms with van der Waals surface area (Å²) in [7, 11) is 0. The Balaban J connectivity index is 2.34. The summed E-state index contributed by atoms with van der Waals surface area (Å²) in [6.07, 6.45) is -0.0417. The first-order valence-corrected chi connectivity index (χ1v) is 5.86. The maximum Gasteiger partial charge on any atom is 0.236 e. The maximum absolute atomic E-state index is 11.6. The quantitative estimate of drug-likeness (QED) is 0.668. The van der Waals surface area contributed by atoms with E-state index in [-0.39, 0.29) is 25.3 Å². The number of hydrogen-bond donors (Lipinski definition) is 3. The molecule has 0 spiro atoms. The van der Waals surface area contributed by atoms with Crippen LogP contribution in [0.5, 0.6) is 0 Å². The van der Waals surface area contributed by atoms with E-state index in [1.165, 1.54) is 0 Å². The van der Waals surface area contributed by atoms with Gasteiger partial charge in [0.25, 0.3) is 0 Å². The summed E-state index contributed by atoms with van der Waals surface area (Å²) in [4.78, 5) is 33.3. The van der Waals surface area contributed by atoms with Gasteiger partial charge in [-0.1, -0.05) is 0 Å². The third kappa shape index (κ3) is 5.64. The number of anilines is 1. The molecule has 0 saturated heterocycles. The van der Waals surface area contributed by atoms with Crippen LogP contribution in [0, 0.1) is 11.3 Å². The highest BCUT2D eigenvalue weighted by Crippen LogP contribution is 2.09. The number of primary amides is 1. The summed E-state index contributed by atoms with van der Waals surface area (Å²) < 4.78 is 0. The molecule has 0 heterocycles. The summed E-state index contributed by atoms with van der Waals surface area (Å²) >= 11 is 0. The summed E-state index contributed by atoms with van der Waals surface area (Å²) in [5.74, 6) is -1.39. The zero-order valence-electron chi connectivity index (χ0n) is 10.7. The topological polar surface area (TPSA) is 125 Å². The van der Waals surface area contributed by atoms with E-state index < -0.39 is 11.8 Å². The number of carbonyl (C=O) groups is 3. The van der Waals surface area contributed by atoms with Gasteiger partial charge in [0.15, 0.2) is 0 Å². The lowest BCUT2D eigenvalue weighted by Gasteiger charge is -2.05. The third-order valence-electron chi connectivity index (χ3n) is 2.34. The Morgan fingerprint density at radius 2 is 1.70 bits per heavy atom. The van der Waals surface area contributed by atoms with Gasteiger partial charge in [-0.2, -0.15) is 5.26 Å². The molecule has 0 aliphatic carbocycles. The maximum atomic E-state index is 11.6. The lowest BCUT2D eigenvalue weighted by molar-refractivity contribution is -0.126. The second kappa shape index (κ2) is 7.53. The average Bonchev–Trinajstić information content (AvgIpc) is 2.43. The van der Waals surface area contributed by atoms with E-state index in [1.807, 2.05) is 6.07 Å².